The van der Waals surface area contributed by atoms with Gasteiger partial charge in [0.15, 0.2) is 0 Å². The minimum atomic E-state index is -2.57. The highest BCUT2D eigenvalue weighted by molar-refractivity contribution is 5.74. The summed E-state index contributed by atoms with van der Waals surface area (Å²) < 4.78 is 31.9. The third kappa shape index (κ3) is 4.30. The zero-order valence-corrected chi connectivity index (χ0v) is 13.1. The number of carbonyl (C=O) groups is 1. The fourth-order valence-electron chi connectivity index (χ4n) is 3.24. The van der Waals surface area contributed by atoms with Crippen molar-refractivity contribution in [3.63, 3.8) is 0 Å². The molecule has 3 rings (SSSR count). The van der Waals surface area contributed by atoms with Gasteiger partial charge < -0.3 is 25.4 Å². The number of likely N-dealkylation sites (tertiary alicyclic amines) is 1. The lowest BCUT2D eigenvalue weighted by Gasteiger charge is -2.33. The number of nitrogens with one attached hydrogen (secondary N) is 2. The average molecular weight is 333 g/mol. The van der Waals surface area contributed by atoms with Gasteiger partial charge in [0.05, 0.1) is 18.8 Å². The van der Waals surface area contributed by atoms with Crippen molar-refractivity contribution in [3.8, 4) is 0 Å². The van der Waals surface area contributed by atoms with Gasteiger partial charge in [-0.05, 0) is 19.3 Å². The number of aliphatic hydroxyl groups excluding tert-OH is 1. The normalized spacial score (nSPS) is 34.8. The molecule has 3 aliphatic rings. The van der Waals surface area contributed by atoms with E-state index in [1.807, 2.05) is 4.90 Å². The Morgan fingerprint density at radius 2 is 1.96 bits per heavy atom. The second-order valence-electron chi connectivity index (χ2n) is 6.87. The first-order chi connectivity index (χ1) is 10.9. The zero-order chi connectivity index (χ0) is 16.4. The summed E-state index contributed by atoms with van der Waals surface area (Å²) in [6.45, 7) is 1.27. The highest BCUT2D eigenvalue weighted by atomic mass is 19.3. The van der Waals surface area contributed by atoms with Crippen LogP contribution in [0.3, 0.4) is 0 Å². The standard InChI is InChI=1S/C15H25F2N3O3/c16-15(17)4-6-20(7-5-15)8-12-13(21)11(9-23-12)19-14(22)18-10-2-1-3-10/h10-13,21H,1-9H2,(H2,18,19,22). The molecule has 3 fully saturated rings. The molecule has 0 bridgehead atoms. The Kier molecular flexibility index (Phi) is 5.03. The zero-order valence-electron chi connectivity index (χ0n) is 13.1. The van der Waals surface area contributed by atoms with Gasteiger partial charge in [-0.2, -0.15) is 0 Å². The first-order valence-electron chi connectivity index (χ1n) is 8.40. The Hall–Kier alpha value is -0.990. The van der Waals surface area contributed by atoms with Crippen molar-refractivity contribution >= 4 is 6.03 Å². The van der Waals surface area contributed by atoms with E-state index < -0.39 is 24.2 Å². The molecule has 23 heavy (non-hydrogen) atoms. The quantitative estimate of drug-likeness (QED) is 0.708. The Balaban J connectivity index is 1.41. The van der Waals surface area contributed by atoms with Crippen LogP contribution in [0.2, 0.25) is 0 Å². The van der Waals surface area contributed by atoms with Crippen molar-refractivity contribution in [2.45, 2.75) is 62.3 Å². The topological polar surface area (TPSA) is 73.8 Å². The number of nitrogens with zero attached hydrogens (tertiary/aromatic N) is 1. The van der Waals surface area contributed by atoms with Crippen molar-refractivity contribution in [2.75, 3.05) is 26.2 Å². The van der Waals surface area contributed by atoms with Crippen LogP contribution in [0.25, 0.3) is 0 Å². The maximum absolute atomic E-state index is 13.1. The van der Waals surface area contributed by atoms with E-state index in [0.717, 1.165) is 19.3 Å². The molecule has 3 unspecified atom stereocenters. The fourth-order valence-corrected chi connectivity index (χ4v) is 3.24. The van der Waals surface area contributed by atoms with E-state index >= 15 is 0 Å². The van der Waals surface area contributed by atoms with Crippen molar-refractivity contribution in [2.24, 2.45) is 0 Å². The van der Waals surface area contributed by atoms with Crippen LogP contribution in [-0.2, 0) is 4.74 Å². The molecule has 2 aliphatic heterocycles. The molecule has 2 saturated heterocycles. The first kappa shape index (κ1) is 16.9. The van der Waals surface area contributed by atoms with E-state index in [0.29, 0.717) is 19.6 Å². The molecule has 132 valence electrons. The Morgan fingerprint density at radius 1 is 1.26 bits per heavy atom. The van der Waals surface area contributed by atoms with Crippen molar-refractivity contribution < 1.29 is 23.4 Å². The van der Waals surface area contributed by atoms with Gasteiger partial charge in [0.25, 0.3) is 5.92 Å². The molecule has 8 heteroatoms. The highest BCUT2D eigenvalue weighted by Crippen LogP contribution is 2.28. The SMILES string of the molecule is O=C(NC1CCC1)NC1COC(CN2CCC(F)(F)CC2)C1O. The molecule has 2 amide bonds. The molecule has 3 N–H and O–H groups in total. The molecule has 1 saturated carbocycles. The second kappa shape index (κ2) is 6.86. The van der Waals surface area contributed by atoms with Gasteiger partial charge in [-0.1, -0.05) is 0 Å². The molecule has 2 heterocycles. The van der Waals surface area contributed by atoms with Crippen LogP contribution in [0.15, 0.2) is 0 Å². The number of alkyl halides is 2. The number of aliphatic hydroxyl groups is 1. The van der Waals surface area contributed by atoms with Crippen LogP contribution in [0.5, 0.6) is 0 Å². The maximum atomic E-state index is 13.1. The van der Waals surface area contributed by atoms with Crippen molar-refractivity contribution in [1.82, 2.24) is 15.5 Å². The molecule has 0 spiro atoms. The summed E-state index contributed by atoms with van der Waals surface area (Å²) in [6.07, 6.45) is 1.57. The van der Waals surface area contributed by atoms with E-state index in [9.17, 15) is 18.7 Å². The summed E-state index contributed by atoms with van der Waals surface area (Å²) in [7, 11) is 0. The van der Waals surface area contributed by atoms with Gasteiger partial charge in [-0.15, -0.1) is 0 Å². The van der Waals surface area contributed by atoms with Gasteiger partial charge in [-0.3, -0.25) is 0 Å². The summed E-state index contributed by atoms with van der Waals surface area (Å²) in [5.41, 5.74) is 0. The van der Waals surface area contributed by atoms with Crippen molar-refractivity contribution in [3.05, 3.63) is 0 Å². The molecule has 3 atom stereocenters. The van der Waals surface area contributed by atoms with Gasteiger partial charge >= 0.3 is 6.03 Å². The molecular weight excluding hydrogens is 308 g/mol. The van der Waals surface area contributed by atoms with Gasteiger partial charge in [0.2, 0.25) is 0 Å². The van der Waals surface area contributed by atoms with Crippen LogP contribution in [0.1, 0.15) is 32.1 Å². The summed E-state index contributed by atoms with van der Waals surface area (Å²) in [4.78, 5) is 13.7. The van der Waals surface area contributed by atoms with Crippen LogP contribution in [0, 0.1) is 0 Å². The fraction of sp³-hybridized carbons (Fsp3) is 0.933. The van der Waals surface area contributed by atoms with E-state index in [1.54, 1.807) is 0 Å². The Morgan fingerprint density at radius 3 is 2.57 bits per heavy atom. The van der Waals surface area contributed by atoms with E-state index in [-0.39, 0.29) is 31.5 Å². The first-order valence-corrected chi connectivity index (χ1v) is 8.40. The van der Waals surface area contributed by atoms with Crippen LogP contribution >= 0.6 is 0 Å². The summed E-state index contributed by atoms with van der Waals surface area (Å²) in [5, 5.41) is 15.9. The molecule has 0 radical (unpaired) electrons. The lowest BCUT2D eigenvalue weighted by atomic mass is 9.93. The average Bonchev–Trinajstić information content (AvgIpc) is 2.78. The molecule has 6 nitrogen and oxygen atoms in total. The third-order valence-corrected chi connectivity index (χ3v) is 5.07. The van der Waals surface area contributed by atoms with Gasteiger partial charge in [-0.25, -0.2) is 13.6 Å². The number of carbonyl (C=O) groups excluding carboxylic acids is 1. The van der Waals surface area contributed by atoms with Crippen LogP contribution in [0.4, 0.5) is 13.6 Å². The number of piperidine rings is 1. The second-order valence-corrected chi connectivity index (χ2v) is 6.87. The summed E-state index contributed by atoms with van der Waals surface area (Å²) in [6, 6.07) is -0.493. The molecule has 0 aromatic carbocycles. The monoisotopic (exact) mass is 333 g/mol. The minimum Gasteiger partial charge on any atom is -0.388 e. The van der Waals surface area contributed by atoms with Crippen LogP contribution in [-0.4, -0.2) is 72.5 Å². The Bertz CT molecular complexity index is 424. The predicted molar refractivity (Wildman–Crippen MR) is 79.5 cm³/mol. The number of urea groups is 1. The maximum Gasteiger partial charge on any atom is 0.315 e. The largest absolute Gasteiger partial charge is 0.388 e. The van der Waals surface area contributed by atoms with Crippen LogP contribution < -0.4 is 10.6 Å². The number of rotatable bonds is 4. The highest BCUT2D eigenvalue weighted by Gasteiger charge is 2.40. The summed E-state index contributed by atoms with van der Waals surface area (Å²) >= 11 is 0. The number of halogens is 2. The van der Waals surface area contributed by atoms with E-state index in [2.05, 4.69) is 10.6 Å². The third-order valence-electron chi connectivity index (χ3n) is 5.07. The smallest absolute Gasteiger partial charge is 0.315 e. The summed E-state index contributed by atoms with van der Waals surface area (Å²) in [5.74, 6) is -2.57. The van der Waals surface area contributed by atoms with Crippen molar-refractivity contribution in [1.29, 1.82) is 0 Å². The number of amides is 2. The number of ether oxygens (including phenoxy) is 1. The minimum absolute atomic E-state index is 0.151. The van der Waals surface area contributed by atoms with E-state index in [4.69, 9.17) is 4.74 Å². The molecular formula is C15H25F2N3O3. The molecule has 0 aromatic heterocycles. The van der Waals surface area contributed by atoms with Gasteiger partial charge in [0, 0.05) is 38.5 Å². The number of hydrogen-bond donors (Lipinski definition) is 3. The van der Waals surface area contributed by atoms with Gasteiger partial charge in [0.1, 0.15) is 6.10 Å². The Labute approximate surface area is 134 Å². The lowest BCUT2D eigenvalue weighted by molar-refractivity contribution is -0.0674. The number of hydrogen-bond acceptors (Lipinski definition) is 4. The lowest BCUT2D eigenvalue weighted by Crippen LogP contribution is -2.53. The molecule has 0 aromatic rings. The van der Waals surface area contributed by atoms with E-state index in [1.165, 1.54) is 0 Å². The predicted octanol–water partition coefficient (Wildman–Crippen LogP) is 0.697. The molecule has 1 aliphatic carbocycles.